The van der Waals surface area contributed by atoms with Crippen molar-refractivity contribution >= 4 is 22.8 Å². The van der Waals surface area contributed by atoms with Gasteiger partial charge in [-0.3, -0.25) is 4.79 Å². The third kappa shape index (κ3) is 3.66. The van der Waals surface area contributed by atoms with Gasteiger partial charge in [-0.2, -0.15) is 13.2 Å². The lowest BCUT2D eigenvalue weighted by atomic mass is 9.97. The number of pyridine rings is 1. The molecule has 0 unspecified atom stereocenters. The molecule has 2 N–H and O–H groups in total. The van der Waals surface area contributed by atoms with E-state index in [2.05, 4.69) is 19.9 Å². The zero-order chi connectivity index (χ0) is 21.5. The Morgan fingerprint density at radius 1 is 1.37 bits per heavy atom. The molecule has 158 valence electrons. The fourth-order valence-corrected chi connectivity index (χ4v) is 3.73. The maximum atomic E-state index is 13.6. The van der Waals surface area contributed by atoms with Crippen LogP contribution in [0.25, 0.3) is 22.4 Å². The van der Waals surface area contributed by atoms with Gasteiger partial charge < -0.3 is 15.2 Å². The van der Waals surface area contributed by atoms with Crippen LogP contribution in [0.2, 0.25) is 0 Å². The predicted molar refractivity (Wildman–Crippen MR) is 101 cm³/mol. The molecule has 3 aromatic rings. The number of fused-ring (bicyclic) bond motifs is 1. The summed E-state index contributed by atoms with van der Waals surface area (Å²) in [7, 11) is 0. The van der Waals surface area contributed by atoms with E-state index in [1.807, 2.05) is 5.32 Å². The number of H-pyrrole nitrogens is 1. The minimum absolute atomic E-state index is 0.288. The lowest BCUT2D eigenvalue weighted by Crippen LogP contribution is -2.55. The summed E-state index contributed by atoms with van der Waals surface area (Å²) in [4.78, 5) is 29.9. The second-order valence-electron chi connectivity index (χ2n) is 7.32. The number of aromatic amines is 1. The van der Waals surface area contributed by atoms with E-state index in [9.17, 15) is 22.4 Å². The molecule has 30 heavy (non-hydrogen) atoms. The van der Waals surface area contributed by atoms with E-state index in [0.29, 0.717) is 41.8 Å². The molecule has 4 rings (SSSR count). The molecule has 3 aromatic heterocycles. The van der Waals surface area contributed by atoms with Gasteiger partial charge in [0.2, 0.25) is 5.91 Å². The highest BCUT2D eigenvalue weighted by molar-refractivity contribution is 5.92. The highest BCUT2D eigenvalue weighted by atomic mass is 19.4. The average Bonchev–Trinajstić information content (AvgIpc) is 3.29. The Morgan fingerprint density at radius 2 is 2.17 bits per heavy atom. The van der Waals surface area contributed by atoms with Crippen molar-refractivity contribution in [2.45, 2.75) is 31.5 Å². The molecular formula is C19H18F4N6O. The highest BCUT2D eigenvalue weighted by Crippen LogP contribution is 2.35. The molecule has 1 aliphatic rings. The minimum atomic E-state index is -4.49. The number of alkyl halides is 3. The molecule has 4 heterocycles. The second kappa shape index (κ2) is 7.22. The van der Waals surface area contributed by atoms with E-state index in [0.717, 1.165) is 6.20 Å². The van der Waals surface area contributed by atoms with Crippen molar-refractivity contribution in [3.8, 4) is 11.4 Å². The number of carbonyl (C=O) groups excluding carboxylic acids is 1. The first-order valence-electron chi connectivity index (χ1n) is 9.26. The van der Waals surface area contributed by atoms with Gasteiger partial charge in [0.05, 0.1) is 6.20 Å². The summed E-state index contributed by atoms with van der Waals surface area (Å²) in [5.41, 5.74) is -0.177. The summed E-state index contributed by atoms with van der Waals surface area (Å²) in [5, 5.41) is 2.47. The van der Waals surface area contributed by atoms with Gasteiger partial charge in [0, 0.05) is 29.9 Å². The first kappa shape index (κ1) is 20.0. The number of nitrogens with zero attached hydrogens (tertiary/aromatic N) is 4. The quantitative estimate of drug-likeness (QED) is 0.631. The lowest BCUT2D eigenvalue weighted by molar-refractivity contribution is -0.141. The minimum Gasteiger partial charge on any atom is -0.345 e. The van der Waals surface area contributed by atoms with Crippen molar-refractivity contribution in [2.75, 3.05) is 18.0 Å². The normalized spacial score (nSPS) is 19.4. The van der Waals surface area contributed by atoms with Gasteiger partial charge in [-0.1, -0.05) is 0 Å². The number of amides is 1. The summed E-state index contributed by atoms with van der Waals surface area (Å²) in [6.45, 7) is 0.660. The first-order valence-corrected chi connectivity index (χ1v) is 9.26. The van der Waals surface area contributed by atoms with Crippen LogP contribution in [0.15, 0.2) is 30.7 Å². The topological polar surface area (TPSA) is 86.8 Å². The van der Waals surface area contributed by atoms with E-state index in [1.165, 1.54) is 12.3 Å². The van der Waals surface area contributed by atoms with Crippen LogP contribution in [0.4, 0.5) is 23.4 Å². The summed E-state index contributed by atoms with van der Waals surface area (Å²) in [6, 6.07) is 2.91. The molecular weight excluding hydrogens is 404 g/mol. The number of hydrogen-bond donors (Lipinski definition) is 2. The van der Waals surface area contributed by atoms with Crippen LogP contribution in [-0.4, -0.2) is 50.6 Å². The van der Waals surface area contributed by atoms with Crippen LogP contribution < -0.4 is 10.2 Å². The molecule has 7 nitrogen and oxygen atoms in total. The fourth-order valence-electron chi connectivity index (χ4n) is 3.73. The highest BCUT2D eigenvalue weighted by Gasteiger charge is 2.45. The number of nitrogens with one attached hydrogen (secondary N) is 2. The average molecular weight is 422 g/mol. The third-order valence-electron chi connectivity index (χ3n) is 5.24. The van der Waals surface area contributed by atoms with E-state index >= 15 is 0 Å². The number of halogens is 4. The summed E-state index contributed by atoms with van der Waals surface area (Å²) in [6.07, 6.45) is 0.714. The molecule has 11 heteroatoms. The van der Waals surface area contributed by atoms with Gasteiger partial charge in [0.1, 0.15) is 29.4 Å². The maximum Gasteiger partial charge on any atom is 0.405 e. The van der Waals surface area contributed by atoms with Crippen LogP contribution in [0.5, 0.6) is 0 Å². The fraction of sp³-hybridized carbons (Fsp3) is 0.368. The van der Waals surface area contributed by atoms with Crippen LogP contribution in [-0.2, 0) is 4.79 Å². The Balaban J connectivity index is 1.66. The molecule has 1 saturated heterocycles. The van der Waals surface area contributed by atoms with Gasteiger partial charge in [0.25, 0.3) is 0 Å². The molecule has 1 fully saturated rings. The smallest absolute Gasteiger partial charge is 0.345 e. The van der Waals surface area contributed by atoms with E-state index in [-0.39, 0.29) is 5.82 Å². The number of aromatic nitrogens is 4. The largest absolute Gasteiger partial charge is 0.405 e. The Bertz CT molecular complexity index is 1100. The Labute approximate surface area is 168 Å². The van der Waals surface area contributed by atoms with E-state index in [4.69, 9.17) is 0 Å². The number of anilines is 1. The van der Waals surface area contributed by atoms with Gasteiger partial charge in [-0.15, -0.1) is 0 Å². The molecule has 0 bridgehead atoms. The molecule has 1 aliphatic heterocycles. The van der Waals surface area contributed by atoms with E-state index < -0.39 is 30.0 Å². The summed E-state index contributed by atoms with van der Waals surface area (Å²) in [5.74, 6) is -0.527. The maximum absolute atomic E-state index is 13.6. The van der Waals surface area contributed by atoms with Crippen molar-refractivity contribution in [1.29, 1.82) is 0 Å². The Morgan fingerprint density at radius 3 is 2.93 bits per heavy atom. The standard InChI is InChI=1S/C19H18F4N6O/c1-18(17(30)27-10-19(21,22)23)4-2-6-29(18)14-3-5-24-16(28-14)13-9-26-15-12(13)7-11(20)8-25-15/h3,5,7-9H,2,4,6,10H2,1H3,(H,25,26)(H,27,30)/t18-/m1/s1. The molecule has 0 saturated carbocycles. The van der Waals surface area contributed by atoms with E-state index in [1.54, 1.807) is 24.1 Å². The SMILES string of the molecule is C[C@]1(C(=O)NCC(F)(F)F)CCCN1c1ccnc(-c2c[nH]c3ncc(F)cc23)n1. The van der Waals surface area contributed by atoms with Gasteiger partial charge in [-0.25, -0.2) is 19.3 Å². The van der Waals surface area contributed by atoms with Crippen molar-refractivity contribution in [2.24, 2.45) is 0 Å². The molecule has 0 radical (unpaired) electrons. The number of rotatable bonds is 4. The summed E-state index contributed by atoms with van der Waals surface area (Å²) < 4.78 is 51.2. The number of hydrogen-bond acceptors (Lipinski definition) is 5. The summed E-state index contributed by atoms with van der Waals surface area (Å²) >= 11 is 0. The number of carbonyl (C=O) groups is 1. The van der Waals surface area contributed by atoms with Crippen molar-refractivity contribution in [1.82, 2.24) is 25.3 Å². The van der Waals surface area contributed by atoms with Crippen LogP contribution in [0, 0.1) is 5.82 Å². The molecule has 0 aliphatic carbocycles. The second-order valence-corrected chi connectivity index (χ2v) is 7.32. The van der Waals surface area contributed by atoms with Gasteiger partial charge >= 0.3 is 6.18 Å². The molecule has 0 aromatic carbocycles. The Hall–Kier alpha value is -3.24. The monoisotopic (exact) mass is 422 g/mol. The first-order chi connectivity index (χ1) is 14.2. The molecule has 0 spiro atoms. The Kier molecular flexibility index (Phi) is 4.83. The predicted octanol–water partition coefficient (Wildman–Crippen LogP) is 3.20. The molecule has 1 amide bonds. The van der Waals surface area contributed by atoms with Crippen molar-refractivity contribution < 1.29 is 22.4 Å². The zero-order valence-electron chi connectivity index (χ0n) is 15.9. The molecule has 1 atom stereocenters. The van der Waals surface area contributed by atoms with Gasteiger partial charge in [0.15, 0.2) is 5.82 Å². The van der Waals surface area contributed by atoms with Crippen LogP contribution >= 0.6 is 0 Å². The third-order valence-corrected chi connectivity index (χ3v) is 5.24. The zero-order valence-corrected chi connectivity index (χ0v) is 15.9. The van der Waals surface area contributed by atoms with Crippen LogP contribution in [0.1, 0.15) is 19.8 Å². The lowest BCUT2D eigenvalue weighted by Gasteiger charge is -2.35. The van der Waals surface area contributed by atoms with Crippen molar-refractivity contribution in [3.63, 3.8) is 0 Å². The van der Waals surface area contributed by atoms with Crippen LogP contribution in [0.3, 0.4) is 0 Å². The van der Waals surface area contributed by atoms with Gasteiger partial charge in [-0.05, 0) is 31.9 Å². The van der Waals surface area contributed by atoms with Crippen molar-refractivity contribution in [3.05, 3.63) is 36.5 Å².